The molecule has 2 aliphatic rings. The lowest BCUT2D eigenvalue weighted by molar-refractivity contribution is -0.139. The molecule has 2 aliphatic heterocycles. The zero-order valence-electron chi connectivity index (χ0n) is 19.1. The summed E-state index contributed by atoms with van der Waals surface area (Å²) >= 11 is 0. The molecule has 3 aromatic rings. The Morgan fingerprint density at radius 1 is 1.19 bits per heavy atom. The van der Waals surface area contributed by atoms with Crippen molar-refractivity contribution in [3.8, 4) is 17.2 Å². The van der Waals surface area contributed by atoms with Crippen LogP contribution >= 0.6 is 0 Å². The van der Waals surface area contributed by atoms with E-state index in [0.29, 0.717) is 40.8 Å². The summed E-state index contributed by atoms with van der Waals surface area (Å²) in [6.07, 6.45) is -4.21. The number of ether oxygens (including phenoxy) is 2. The first-order chi connectivity index (χ1) is 17.6. The van der Waals surface area contributed by atoms with Gasteiger partial charge in [0.25, 0.3) is 0 Å². The third kappa shape index (κ3) is 4.92. The van der Waals surface area contributed by atoms with Crippen LogP contribution < -0.4 is 30.7 Å². The molecule has 0 saturated carbocycles. The van der Waals surface area contributed by atoms with Gasteiger partial charge in [0.2, 0.25) is 0 Å². The molecule has 4 amide bonds. The van der Waals surface area contributed by atoms with Crippen molar-refractivity contribution in [3.63, 3.8) is 0 Å². The highest BCUT2D eigenvalue weighted by molar-refractivity contribution is 5.91. The highest BCUT2D eigenvalue weighted by Gasteiger charge is 2.35. The molecule has 3 heterocycles. The van der Waals surface area contributed by atoms with Crippen LogP contribution in [0.1, 0.15) is 29.5 Å². The number of amides is 4. The van der Waals surface area contributed by atoms with E-state index in [4.69, 9.17) is 9.47 Å². The minimum Gasteiger partial charge on any atom is -0.470 e. The second kappa shape index (κ2) is 9.15. The topological polar surface area (TPSA) is 114 Å². The van der Waals surface area contributed by atoms with E-state index in [1.165, 1.54) is 6.20 Å². The van der Waals surface area contributed by atoms with Crippen LogP contribution in [0.3, 0.4) is 0 Å². The Kier molecular flexibility index (Phi) is 5.97. The molecular formula is C24H19F4N5O4. The van der Waals surface area contributed by atoms with Gasteiger partial charge in [0.05, 0.1) is 17.7 Å². The second-order valence-corrected chi connectivity index (χ2v) is 8.36. The van der Waals surface area contributed by atoms with E-state index in [1.807, 2.05) is 0 Å². The zero-order chi connectivity index (χ0) is 26.3. The van der Waals surface area contributed by atoms with Crippen LogP contribution in [-0.4, -0.2) is 23.3 Å². The van der Waals surface area contributed by atoms with Crippen LogP contribution in [0.5, 0.6) is 17.2 Å². The number of alkyl halides is 3. The van der Waals surface area contributed by atoms with E-state index >= 15 is 0 Å². The standard InChI is InChI=1S/C24H19F4N5O4/c1-11-14-9-13(36-19-6-7-29-20-15(19)10-30-22(34)32-20)3-5-18(14)37-21(11)33-23(35)31-12-2-4-17(25)16(8-12)24(26,27)28/h2-9,11,21H,10H2,1H3,(H2,31,33,35)(H2,29,30,32,34)/t11-,21+/m0/s1. The molecular weight excluding hydrogens is 498 g/mol. The summed E-state index contributed by atoms with van der Waals surface area (Å²) in [6.45, 7) is 2.04. The Bertz CT molecular complexity index is 1400. The van der Waals surface area contributed by atoms with Crippen LogP contribution in [0.4, 0.5) is 38.7 Å². The molecule has 0 fully saturated rings. The normalized spacial score (nSPS) is 18.0. The number of hydrogen-bond acceptors (Lipinski definition) is 5. The number of benzene rings is 2. The van der Waals surface area contributed by atoms with E-state index in [-0.39, 0.29) is 24.2 Å². The lowest BCUT2D eigenvalue weighted by atomic mass is 10.0. The number of rotatable bonds is 4. The van der Waals surface area contributed by atoms with Gasteiger partial charge >= 0.3 is 18.2 Å². The van der Waals surface area contributed by atoms with Gasteiger partial charge in [0.1, 0.15) is 28.9 Å². The van der Waals surface area contributed by atoms with Gasteiger partial charge in [0.15, 0.2) is 6.23 Å². The number of aromatic nitrogens is 1. The number of pyridine rings is 1. The van der Waals surface area contributed by atoms with E-state index in [2.05, 4.69) is 26.3 Å². The van der Waals surface area contributed by atoms with E-state index in [0.717, 1.165) is 11.6 Å². The summed E-state index contributed by atoms with van der Waals surface area (Å²) in [5.74, 6) is 0.101. The smallest absolute Gasteiger partial charge is 0.419 e. The Hall–Kier alpha value is -4.55. The molecule has 2 aromatic carbocycles. The number of halogens is 4. The summed E-state index contributed by atoms with van der Waals surface area (Å²) in [5, 5.41) is 10.1. The van der Waals surface area contributed by atoms with Crippen molar-refractivity contribution in [3.05, 3.63) is 71.2 Å². The van der Waals surface area contributed by atoms with Crippen molar-refractivity contribution in [2.45, 2.75) is 31.8 Å². The molecule has 13 heteroatoms. The Balaban J connectivity index is 1.26. The number of nitrogens with zero attached hydrogens (tertiary/aromatic N) is 1. The van der Waals surface area contributed by atoms with Crippen LogP contribution in [0.15, 0.2) is 48.7 Å². The summed E-state index contributed by atoms with van der Waals surface area (Å²) in [7, 11) is 0. The maximum Gasteiger partial charge on any atom is 0.419 e. The molecule has 9 nitrogen and oxygen atoms in total. The predicted octanol–water partition coefficient (Wildman–Crippen LogP) is 5.31. The van der Waals surface area contributed by atoms with Crippen LogP contribution in [0.2, 0.25) is 0 Å². The van der Waals surface area contributed by atoms with Gasteiger partial charge in [0, 0.05) is 23.4 Å². The van der Waals surface area contributed by atoms with Crippen molar-refractivity contribution >= 4 is 23.6 Å². The van der Waals surface area contributed by atoms with E-state index in [9.17, 15) is 27.2 Å². The quantitative estimate of drug-likeness (QED) is 0.351. The number of anilines is 2. The van der Waals surface area contributed by atoms with Crippen molar-refractivity contribution in [2.24, 2.45) is 0 Å². The maximum atomic E-state index is 13.5. The van der Waals surface area contributed by atoms with Crippen molar-refractivity contribution in [1.29, 1.82) is 0 Å². The van der Waals surface area contributed by atoms with Gasteiger partial charge < -0.3 is 25.4 Å². The Morgan fingerprint density at radius 2 is 2.00 bits per heavy atom. The minimum atomic E-state index is -4.90. The van der Waals surface area contributed by atoms with Gasteiger partial charge in [-0.3, -0.25) is 5.32 Å². The summed E-state index contributed by atoms with van der Waals surface area (Å²) in [5.41, 5.74) is -0.295. The SMILES string of the molecule is C[C@H]1c2cc(Oc3ccnc4c3CNC(=O)N4)ccc2O[C@H]1NC(=O)Nc1ccc(F)c(C(F)(F)F)c1. The molecule has 0 unspecified atom stereocenters. The molecule has 0 bridgehead atoms. The average Bonchev–Trinajstić information content (AvgIpc) is 3.14. The predicted molar refractivity (Wildman–Crippen MR) is 123 cm³/mol. The lowest BCUT2D eigenvalue weighted by Crippen LogP contribution is -2.42. The molecule has 0 saturated heterocycles. The lowest BCUT2D eigenvalue weighted by Gasteiger charge is -2.20. The number of urea groups is 2. The molecule has 1 aromatic heterocycles. The van der Waals surface area contributed by atoms with Crippen LogP contribution in [0, 0.1) is 5.82 Å². The van der Waals surface area contributed by atoms with Crippen LogP contribution in [-0.2, 0) is 12.7 Å². The van der Waals surface area contributed by atoms with Gasteiger partial charge in [-0.05, 0) is 42.5 Å². The maximum absolute atomic E-state index is 13.5. The molecule has 37 heavy (non-hydrogen) atoms. The highest BCUT2D eigenvalue weighted by Crippen LogP contribution is 2.41. The third-order valence-electron chi connectivity index (χ3n) is 5.88. The molecule has 0 radical (unpaired) electrons. The first kappa shape index (κ1) is 24.2. The Labute approximate surface area is 207 Å². The highest BCUT2D eigenvalue weighted by atomic mass is 19.4. The average molecular weight is 517 g/mol. The Morgan fingerprint density at radius 3 is 2.78 bits per heavy atom. The minimum absolute atomic E-state index is 0.226. The molecule has 192 valence electrons. The second-order valence-electron chi connectivity index (χ2n) is 8.36. The molecule has 2 atom stereocenters. The largest absolute Gasteiger partial charge is 0.470 e. The number of fused-ring (bicyclic) bond motifs is 2. The van der Waals surface area contributed by atoms with E-state index < -0.39 is 29.8 Å². The first-order valence-corrected chi connectivity index (χ1v) is 11.0. The summed E-state index contributed by atoms with van der Waals surface area (Å²) in [6, 6.07) is 7.76. The fourth-order valence-corrected chi connectivity index (χ4v) is 4.02. The third-order valence-corrected chi connectivity index (χ3v) is 5.88. The number of carbonyl (C=O) groups is 2. The van der Waals surface area contributed by atoms with Gasteiger partial charge in [-0.1, -0.05) is 6.92 Å². The summed E-state index contributed by atoms with van der Waals surface area (Å²) < 4.78 is 64.2. The van der Waals surface area contributed by atoms with Crippen molar-refractivity contribution < 1.29 is 36.6 Å². The number of hydrogen-bond donors (Lipinski definition) is 4. The molecule has 4 N–H and O–H groups in total. The van der Waals surface area contributed by atoms with Gasteiger partial charge in [-0.15, -0.1) is 0 Å². The fourth-order valence-electron chi connectivity index (χ4n) is 4.02. The first-order valence-electron chi connectivity index (χ1n) is 11.0. The zero-order valence-corrected chi connectivity index (χ0v) is 19.1. The molecule has 5 rings (SSSR count). The monoisotopic (exact) mass is 517 g/mol. The fraction of sp³-hybridized carbons (Fsp3) is 0.208. The van der Waals surface area contributed by atoms with Gasteiger partial charge in [-0.25, -0.2) is 19.0 Å². The number of nitrogens with one attached hydrogen (secondary N) is 4. The molecule has 0 aliphatic carbocycles. The van der Waals surface area contributed by atoms with E-state index in [1.54, 1.807) is 31.2 Å². The van der Waals surface area contributed by atoms with Gasteiger partial charge in [-0.2, -0.15) is 13.2 Å². The van der Waals surface area contributed by atoms with Crippen molar-refractivity contribution in [1.82, 2.24) is 15.6 Å². The van der Waals surface area contributed by atoms with Crippen molar-refractivity contribution in [2.75, 3.05) is 10.6 Å². The van der Waals surface area contributed by atoms with Crippen LogP contribution in [0.25, 0.3) is 0 Å². The summed E-state index contributed by atoms with van der Waals surface area (Å²) in [4.78, 5) is 28.1. The molecule has 0 spiro atoms. The number of carbonyl (C=O) groups excluding carboxylic acids is 2.